The summed E-state index contributed by atoms with van der Waals surface area (Å²) in [5.41, 5.74) is -0.209. The summed E-state index contributed by atoms with van der Waals surface area (Å²) in [6, 6.07) is 7.30. The molecule has 1 aromatic heterocycles. The predicted molar refractivity (Wildman–Crippen MR) is 73.0 cm³/mol. The van der Waals surface area contributed by atoms with Crippen LogP contribution in [0.4, 0.5) is 0 Å². The Hall–Kier alpha value is -1.62. The van der Waals surface area contributed by atoms with Crippen molar-refractivity contribution in [3.8, 4) is 11.6 Å². The zero-order chi connectivity index (χ0) is 13.0. The Morgan fingerprint density at radius 1 is 1.44 bits per heavy atom. The molecule has 0 aliphatic heterocycles. The number of hydrogen-bond donors (Lipinski definition) is 0. The fraction of sp³-hybridized carbons (Fsp3) is 0.231. The van der Waals surface area contributed by atoms with Crippen LogP contribution < -0.4 is 10.3 Å². The van der Waals surface area contributed by atoms with E-state index in [1.807, 2.05) is 19.1 Å². The molecule has 18 heavy (non-hydrogen) atoms. The molecule has 0 aliphatic carbocycles. The average molecular weight is 309 g/mol. The van der Waals surface area contributed by atoms with Crippen LogP contribution in [0.1, 0.15) is 13.3 Å². The van der Waals surface area contributed by atoms with Gasteiger partial charge in [-0.2, -0.15) is 0 Å². The lowest BCUT2D eigenvalue weighted by Crippen LogP contribution is -2.21. The Balaban J connectivity index is 2.29. The van der Waals surface area contributed by atoms with Crippen molar-refractivity contribution in [2.45, 2.75) is 19.9 Å². The molecule has 4 nitrogen and oxygen atoms in total. The molecular formula is C13H13BrN2O2. The molecule has 0 fully saturated rings. The zero-order valence-corrected chi connectivity index (χ0v) is 11.6. The second-order valence-corrected chi connectivity index (χ2v) is 4.71. The number of aromatic nitrogens is 2. The van der Waals surface area contributed by atoms with Gasteiger partial charge in [-0.3, -0.25) is 4.79 Å². The zero-order valence-electron chi connectivity index (χ0n) is 9.97. The van der Waals surface area contributed by atoms with Gasteiger partial charge in [0.25, 0.3) is 5.88 Å². The van der Waals surface area contributed by atoms with Crippen LogP contribution in [0.15, 0.2) is 45.9 Å². The van der Waals surface area contributed by atoms with Crippen LogP contribution >= 0.6 is 15.9 Å². The van der Waals surface area contributed by atoms with Gasteiger partial charge in [-0.1, -0.05) is 28.9 Å². The molecule has 0 amide bonds. The van der Waals surface area contributed by atoms with Gasteiger partial charge in [-0.25, -0.2) is 4.98 Å². The monoisotopic (exact) mass is 308 g/mol. The number of nitrogens with zero attached hydrogens (tertiary/aromatic N) is 2. The summed E-state index contributed by atoms with van der Waals surface area (Å²) in [5.74, 6) is 0.687. The number of ether oxygens (including phenoxy) is 1. The summed E-state index contributed by atoms with van der Waals surface area (Å²) >= 11 is 3.35. The summed E-state index contributed by atoms with van der Waals surface area (Å²) in [5, 5.41) is 0. The van der Waals surface area contributed by atoms with E-state index in [1.165, 1.54) is 0 Å². The van der Waals surface area contributed by atoms with Gasteiger partial charge in [0.05, 0.1) is 0 Å². The number of benzene rings is 1. The van der Waals surface area contributed by atoms with Crippen molar-refractivity contribution < 1.29 is 4.74 Å². The van der Waals surface area contributed by atoms with Gasteiger partial charge >= 0.3 is 5.56 Å². The minimum atomic E-state index is -0.209. The first-order valence-electron chi connectivity index (χ1n) is 5.69. The van der Waals surface area contributed by atoms with Crippen LogP contribution in [-0.4, -0.2) is 9.55 Å². The van der Waals surface area contributed by atoms with E-state index in [1.54, 1.807) is 29.1 Å². The Morgan fingerprint density at radius 2 is 2.28 bits per heavy atom. The van der Waals surface area contributed by atoms with Gasteiger partial charge in [0, 0.05) is 23.4 Å². The maximum atomic E-state index is 12.0. The van der Waals surface area contributed by atoms with E-state index in [9.17, 15) is 4.79 Å². The van der Waals surface area contributed by atoms with Gasteiger partial charge in [-0.05, 0) is 24.6 Å². The van der Waals surface area contributed by atoms with E-state index in [0.29, 0.717) is 12.3 Å². The van der Waals surface area contributed by atoms with E-state index in [0.717, 1.165) is 10.9 Å². The minimum Gasteiger partial charge on any atom is -0.435 e. The molecule has 94 valence electrons. The van der Waals surface area contributed by atoms with Crippen LogP contribution in [0, 0.1) is 0 Å². The van der Waals surface area contributed by atoms with E-state index in [4.69, 9.17) is 4.74 Å². The second kappa shape index (κ2) is 5.82. The molecule has 2 rings (SSSR count). The average Bonchev–Trinajstić information content (AvgIpc) is 2.35. The predicted octanol–water partition coefficient (Wildman–Crippen LogP) is 3.21. The third-order valence-corrected chi connectivity index (χ3v) is 2.85. The van der Waals surface area contributed by atoms with Crippen molar-refractivity contribution in [2.24, 2.45) is 0 Å². The summed E-state index contributed by atoms with van der Waals surface area (Å²) in [6.07, 6.45) is 4.13. The topological polar surface area (TPSA) is 44.1 Å². The molecule has 1 aromatic carbocycles. The van der Waals surface area contributed by atoms with Crippen molar-refractivity contribution in [1.82, 2.24) is 9.55 Å². The minimum absolute atomic E-state index is 0.101. The van der Waals surface area contributed by atoms with Gasteiger partial charge in [0.1, 0.15) is 5.75 Å². The van der Waals surface area contributed by atoms with E-state index in [2.05, 4.69) is 20.9 Å². The fourth-order valence-electron chi connectivity index (χ4n) is 1.56. The van der Waals surface area contributed by atoms with Crippen molar-refractivity contribution >= 4 is 15.9 Å². The highest BCUT2D eigenvalue weighted by atomic mass is 79.9. The van der Waals surface area contributed by atoms with E-state index >= 15 is 0 Å². The molecule has 0 N–H and O–H groups in total. The molecular weight excluding hydrogens is 296 g/mol. The number of halogens is 1. The first-order chi connectivity index (χ1) is 8.70. The second-order valence-electron chi connectivity index (χ2n) is 3.79. The molecule has 0 unspecified atom stereocenters. The number of hydrogen-bond acceptors (Lipinski definition) is 3. The standard InChI is InChI=1S/C13H13BrN2O2/c1-2-7-16-8-6-15-12(13(16)17)18-11-5-3-4-10(14)9-11/h3-6,8-9H,2,7H2,1H3. The molecule has 0 aliphatic rings. The summed E-state index contributed by atoms with van der Waals surface area (Å²) in [7, 11) is 0. The fourth-order valence-corrected chi connectivity index (χ4v) is 1.93. The van der Waals surface area contributed by atoms with E-state index < -0.39 is 0 Å². The van der Waals surface area contributed by atoms with Gasteiger partial charge in [-0.15, -0.1) is 0 Å². The molecule has 0 radical (unpaired) electrons. The van der Waals surface area contributed by atoms with Crippen LogP contribution in [-0.2, 0) is 6.54 Å². The maximum absolute atomic E-state index is 12.0. The lowest BCUT2D eigenvalue weighted by Gasteiger charge is -2.07. The van der Waals surface area contributed by atoms with Crippen molar-refractivity contribution in [2.75, 3.05) is 0 Å². The lowest BCUT2D eigenvalue weighted by atomic mass is 10.3. The first kappa shape index (κ1) is 12.8. The van der Waals surface area contributed by atoms with Crippen LogP contribution in [0.3, 0.4) is 0 Å². The summed E-state index contributed by atoms with van der Waals surface area (Å²) in [6.45, 7) is 2.68. The largest absolute Gasteiger partial charge is 0.435 e. The van der Waals surface area contributed by atoms with Crippen LogP contribution in [0.25, 0.3) is 0 Å². The third-order valence-electron chi connectivity index (χ3n) is 2.36. The lowest BCUT2D eigenvalue weighted by molar-refractivity contribution is 0.443. The molecule has 0 saturated carbocycles. The van der Waals surface area contributed by atoms with Crippen LogP contribution in [0.2, 0.25) is 0 Å². The molecule has 1 heterocycles. The van der Waals surface area contributed by atoms with Gasteiger partial charge in [0.2, 0.25) is 0 Å². The van der Waals surface area contributed by atoms with E-state index in [-0.39, 0.29) is 11.4 Å². The molecule has 5 heteroatoms. The molecule has 0 spiro atoms. The Morgan fingerprint density at radius 3 is 3.00 bits per heavy atom. The first-order valence-corrected chi connectivity index (χ1v) is 6.49. The number of rotatable bonds is 4. The molecule has 0 saturated heterocycles. The summed E-state index contributed by atoms with van der Waals surface area (Å²) in [4.78, 5) is 16.0. The maximum Gasteiger partial charge on any atom is 0.313 e. The quantitative estimate of drug-likeness (QED) is 0.871. The van der Waals surface area contributed by atoms with Crippen molar-refractivity contribution in [3.05, 3.63) is 51.5 Å². The third kappa shape index (κ3) is 2.98. The van der Waals surface area contributed by atoms with Crippen molar-refractivity contribution in [1.29, 1.82) is 0 Å². The summed E-state index contributed by atoms with van der Waals surface area (Å²) < 4.78 is 7.99. The van der Waals surface area contributed by atoms with Crippen molar-refractivity contribution in [3.63, 3.8) is 0 Å². The van der Waals surface area contributed by atoms with Crippen LogP contribution in [0.5, 0.6) is 11.6 Å². The highest BCUT2D eigenvalue weighted by Crippen LogP contribution is 2.20. The Kier molecular flexibility index (Phi) is 4.15. The van der Waals surface area contributed by atoms with Gasteiger partial charge in [0.15, 0.2) is 0 Å². The normalized spacial score (nSPS) is 10.3. The Bertz CT molecular complexity index is 596. The highest BCUT2D eigenvalue weighted by molar-refractivity contribution is 9.10. The highest BCUT2D eigenvalue weighted by Gasteiger charge is 2.07. The van der Waals surface area contributed by atoms with Gasteiger partial charge < -0.3 is 9.30 Å². The Labute approximate surface area is 113 Å². The number of aryl methyl sites for hydroxylation is 1. The smallest absolute Gasteiger partial charge is 0.313 e. The molecule has 2 aromatic rings. The SMILES string of the molecule is CCCn1ccnc(Oc2cccc(Br)c2)c1=O. The molecule has 0 bridgehead atoms. The molecule has 0 atom stereocenters.